The Bertz CT molecular complexity index is 531. The minimum absolute atomic E-state index is 0.331. The van der Waals surface area contributed by atoms with E-state index in [1.807, 2.05) is 35.0 Å². The summed E-state index contributed by atoms with van der Waals surface area (Å²) in [4.78, 5) is 0. The van der Waals surface area contributed by atoms with Crippen LogP contribution in [0.5, 0.6) is 0 Å². The molecular formula is C12H13ClN2S. The van der Waals surface area contributed by atoms with Gasteiger partial charge in [0.1, 0.15) is 0 Å². The van der Waals surface area contributed by atoms with Crippen molar-refractivity contribution in [2.24, 2.45) is 0 Å². The van der Waals surface area contributed by atoms with E-state index in [9.17, 15) is 0 Å². The van der Waals surface area contributed by atoms with E-state index in [-0.39, 0.29) is 0 Å². The standard InChI is InChI=1S/C12H13ClN2S/c1-8(2)14-12(16)15-6-5-9-7-10(13)3-4-11(9)15/h3-8H,1-2H3,(H,14,16). The van der Waals surface area contributed by atoms with Gasteiger partial charge in [0.15, 0.2) is 5.11 Å². The summed E-state index contributed by atoms with van der Waals surface area (Å²) in [6, 6.07) is 8.13. The van der Waals surface area contributed by atoms with Gasteiger partial charge in [0.25, 0.3) is 0 Å². The number of aromatic nitrogens is 1. The summed E-state index contributed by atoms with van der Waals surface area (Å²) >= 11 is 11.3. The van der Waals surface area contributed by atoms with Crippen molar-refractivity contribution >= 4 is 39.8 Å². The number of fused-ring (bicyclic) bond motifs is 1. The van der Waals surface area contributed by atoms with Gasteiger partial charge in [-0.15, -0.1) is 0 Å². The summed E-state index contributed by atoms with van der Waals surface area (Å²) < 4.78 is 1.96. The second kappa shape index (κ2) is 4.44. The molecule has 0 aliphatic carbocycles. The molecule has 1 aromatic carbocycles. The van der Waals surface area contributed by atoms with Gasteiger partial charge in [-0.25, -0.2) is 0 Å². The number of thiocarbonyl (C=S) groups is 1. The number of hydrogen-bond donors (Lipinski definition) is 1. The lowest BCUT2D eigenvalue weighted by molar-refractivity contribution is 0.726. The maximum absolute atomic E-state index is 5.93. The minimum Gasteiger partial charge on any atom is -0.360 e. The highest BCUT2D eigenvalue weighted by Gasteiger charge is 2.06. The van der Waals surface area contributed by atoms with Crippen LogP contribution >= 0.6 is 23.8 Å². The quantitative estimate of drug-likeness (QED) is 0.784. The highest BCUT2D eigenvalue weighted by Crippen LogP contribution is 2.20. The predicted molar refractivity (Wildman–Crippen MR) is 73.2 cm³/mol. The second-order valence-electron chi connectivity index (χ2n) is 3.99. The van der Waals surface area contributed by atoms with E-state index in [0.717, 1.165) is 15.9 Å². The molecule has 0 amide bonds. The predicted octanol–water partition coefficient (Wildman–Crippen LogP) is 3.43. The monoisotopic (exact) mass is 252 g/mol. The van der Waals surface area contributed by atoms with Crippen LogP contribution in [0.4, 0.5) is 0 Å². The summed E-state index contributed by atoms with van der Waals surface area (Å²) in [6.07, 6.45) is 1.96. The third kappa shape index (κ3) is 2.20. The van der Waals surface area contributed by atoms with E-state index >= 15 is 0 Å². The zero-order valence-electron chi connectivity index (χ0n) is 9.20. The van der Waals surface area contributed by atoms with E-state index < -0.39 is 0 Å². The number of halogens is 1. The van der Waals surface area contributed by atoms with Crippen molar-refractivity contribution in [1.29, 1.82) is 0 Å². The van der Waals surface area contributed by atoms with Crippen molar-refractivity contribution < 1.29 is 0 Å². The normalized spacial score (nSPS) is 11.0. The van der Waals surface area contributed by atoms with Crippen molar-refractivity contribution in [3.05, 3.63) is 35.5 Å². The van der Waals surface area contributed by atoms with E-state index in [4.69, 9.17) is 23.8 Å². The average Bonchev–Trinajstić information content (AvgIpc) is 2.59. The molecule has 0 atom stereocenters. The second-order valence-corrected chi connectivity index (χ2v) is 4.82. The number of hydrogen-bond acceptors (Lipinski definition) is 1. The molecule has 0 saturated carbocycles. The number of rotatable bonds is 1. The van der Waals surface area contributed by atoms with Gasteiger partial charge in [0.05, 0.1) is 5.52 Å². The molecule has 1 heterocycles. The van der Waals surface area contributed by atoms with Crippen LogP contribution in [0.15, 0.2) is 30.5 Å². The highest BCUT2D eigenvalue weighted by atomic mass is 35.5. The SMILES string of the molecule is CC(C)NC(=S)n1ccc2cc(Cl)ccc21. The Hall–Kier alpha value is -1.06. The lowest BCUT2D eigenvalue weighted by atomic mass is 10.2. The van der Waals surface area contributed by atoms with Gasteiger partial charge in [-0.05, 0) is 50.3 Å². The Morgan fingerprint density at radius 1 is 1.38 bits per heavy atom. The summed E-state index contributed by atoms with van der Waals surface area (Å²) in [5, 5.41) is 5.77. The van der Waals surface area contributed by atoms with Crippen molar-refractivity contribution in [2.75, 3.05) is 0 Å². The molecule has 0 fully saturated rings. The van der Waals surface area contributed by atoms with E-state index in [1.54, 1.807) is 0 Å². The molecule has 1 aromatic heterocycles. The Morgan fingerprint density at radius 2 is 2.12 bits per heavy atom. The van der Waals surface area contributed by atoms with Crippen LogP contribution in [0.25, 0.3) is 10.9 Å². The molecule has 2 aromatic rings. The van der Waals surface area contributed by atoms with Crippen LogP contribution < -0.4 is 5.32 Å². The maximum Gasteiger partial charge on any atom is 0.177 e. The van der Waals surface area contributed by atoms with Gasteiger partial charge < -0.3 is 5.32 Å². The zero-order chi connectivity index (χ0) is 11.7. The Morgan fingerprint density at radius 3 is 2.81 bits per heavy atom. The van der Waals surface area contributed by atoms with Gasteiger partial charge in [-0.2, -0.15) is 0 Å². The third-order valence-corrected chi connectivity index (χ3v) is 2.83. The Kier molecular flexibility index (Phi) is 3.17. The van der Waals surface area contributed by atoms with E-state index in [1.165, 1.54) is 0 Å². The zero-order valence-corrected chi connectivity index (χ0v) is 10.8. The fraction of sp³-hybridized carbons (Fsp3) is 0.250. The van der Waals surface area contributed by atoms with Crippen LogP contribution in [0.1, 0.15) is 13.8 Å². The highest BCUT2D eigenvalue weighted by molar-refractivity contribution is 7.80. The van der Waals surface area contributed by atoms with Crippen LogP contribution in [-0.2, 0) is 0 Å². The van der Waals surface area contributed by atoms with Crippen LogP contribution in [0.3, 0.4) is 0 Å². The molecule has 0 spiro atoms. The molecule has 1 N–H and O–H groups in total. The molecule has 4 heteroatoms. The van der Waals surface area contributed by atoms with Gasteiger partial charge in [-0.1, -0.05) is 11.6 Å². The third-order valence-electron chi connectivity index (χ3n) is 2.28. The number of nitrogens with one attached hydrogen (secondary N) is 1. The molecule has 2 nitrogen and oxygen atoms in total. The Labute approximate surface area is 105 Å². The van der Waals surface area contributed by atoms with Gasteiger partial charge in [0, 0.05) is 22.6 Å². The van der Waals surface area contributed by atoms with Gasteiger partial charge >= 0.3 is 0 Å². The van der Waals surface area contributed by atoms with E-state index in [2.05, 4.69) is 19.2 Å². The first-order chi connectivity index (χ1) is 7.58. The fourth-order valence-corrected chi connectivity index (χ4v) is 2.18. The first-order valence-corrected chi connectivity index (χ1v) is 5.94. The molecular weight excluding hydrogens is 240 g/mol. The largest absolute Gasteiger partial charge is 0.360 e. The maximum atomic E-state index is 5.93. The molecule has 2 rings (SSSR count). The fourth-order valence-electron chi connectivity index (χ4n) is 1.61. The molecule has 0 bridgehead atoms. The van der Waals surface area contributed by atoms with Gasteiger partial charge in [-0.3, -0.25) is 4.57 Å². The topological polar surface area (TPSA) is 17.0 Å². The minimum atomic E-state index is 0.331. The van der Waals surface area contributed by atoms with Crippen molar-refractivity contribution in [3.63, 3.8) is 0 Å². The van der Waals surface area contributed by atoms with Crippen LogP contribution in [0.2, 0.25) is 5.02 Å². The first-order valence-electron chi connectivity index (χ1n) is 5.15. The van der Waals surface area contributed by atoms with E-state index in [0.29, 0.717) is 11.2 Å². The smallest absolute Gasteiger partial charge is 0.177 e. The summed E-state index contributed by atoms with van der Waals surface area (Å²) in [6.45, 7) is 4.13. The number of benzene rings is 1. The molecule has 0 aliphatic rings. The number of nitrogens with zero attached hydrogens (tertiary/aromatic N) is 1. The van der Waals surface area contributed by atoms with Crippen molar-refractivity contribution in [3.8, 4) is 0 Å². The van der Waals surface area contributed by atoms with Crippen LogP contribution in [0, 0.1) is 0 Å². The molecule has 0 radical (unpaired) electrons. The summed E-state index contributed by atoms with van der Waals surface area (Å²) in [7, 11) is 0. The molecule has 84 valence electrons. The van der Waals surface area contributed by atoms with Gasteiger partial charge in [0.2, 0.25) is 0 Å². The molecule has 0 saturated heterocycles. The van der Waals surface area contributed by atoms with Crippen molar-refractivity contribution in [1.82, 2.24) is 9.88 Å². The Balaban J connectivity index is 2.42. The summed E-state index contributed by atoms with van der Waals surface area (Å²) in [5.74, 6) is 0. The van der Waals surface area contributed by atoms with Crippen LogP contribution in [-0.4, -0.2) is 15.7 Å². The summed E-state index contributed by atoms with van der Waals surface area (Å²) in [5.41, 5.74) is 1.07. The molecule has 0 unspecified atom stereocenters. The lowest BCUT2D eigenvalue weighted by Gasteiger charge is -2.12. The lowest BCUT2D eigenvalue weighted by Crippen LogP contribution is -2.33. The molecule has 16 heavy (non-hydrogen) atoms. The molecule has 0 aliphatic heterocycles. The van der Waals surface area contributed by atoms with Crippen molar-refractivity contribution in [2.45, 2.75) is 19.9 Å². The first kappa shape index (κ1) is 11.4. The average molecular weight is 253 g/mol.